The van der Waals surface area contributed by atoms with Gasteiger partial charge in [-0.05, 0) is 32.1 Å². The molecular weight excluding hydrogens is 214 g/mol. The Kier molecular flexibility index (Phi) is 3.64. The molecule has 1 aromatic rings. The fraction of sp³-hybridized carbons (Fsp3) is 0.462. The number of hydrogen-bond acceptors (Lipinski definition) is 3. The third-order valence-corrected chi connectivity index (χ3v) is 3.23. The molecule has 2 rings (SSSR count). The number of nitrogens with zero attached hydrogens (tertiary/aromatic N) is 2. The van der Waals surface area contributed by atoms with E-state index in [1.54, 1.807) is 6.07 Å². The van der Waals surface area contributed by atoms with Gasteiger partial charge in [-0.25, -0.2) is 0 Å². The maximum absolute atomic E-state index is 11.4. The smallest absolute Gasteiger partial charge is 0.250 e. The Morgan fingerprint density at radius 1 is 1.18 bits per heavy atom. The van der Waals surface area contributed by atoms with Crippen molar-refractivity contribution in [2.24, 2.45) is 5.73 Å². The molecule has 2 N–H and O–H groups in total. The highest BCUT2D eigenvalue weighted by Gasteiger charge is 2.16. The molecule has 92 valence electrons. The molecule has 1 heterocycles. The van der Waals surface area contributed by atoms with Crippen molar-refractivity contribution in [3.63, 3.8) is 0 Å². The molecule has 1 aliphatic heterocycles. The molecular formula is C13H19N3O. The van der Waals surface area contributed by atoms with Crippen LogP contribution >= 0.6 is 0 Å². The zero-order valence-corrected chi connectivity index (χ0v) is 10.2. The first-order valence-electron chi connectivity index (χ1n) is 6.01. The summed E-state index contributed by atoms with van der Waals surface area (Å²) < 4.78 is 0. The van der Waals surface area contributed by atoms with Crippen LogP contribution < -0.4 is 10.6 Å². The van der Waals surface area contributed by atoms with E-state index < -0.39 is 0 Å². The molecule has 17 heavy (non-hydrogen) atoms. The lowest BCUT2D eigenvalue weighted by atomic mass is 10.1. The van der Waals surface area contributed by atoms with Crippen LogP contribution in [0, 0.1) is 0 Å². The van der Waals surface area contributed by atoms with Gasteiger partial charge in [0.15, 0.2) is 0 Å². The average Bonchev–Trinajstić information content (AvgIpc) is 2.54. The molecule has 0 unspecified atom stereocenters. The molecule has 1 saturated heterocycles. The molecule has 1 amide bonds. The number of anilines is 1. The number of carbonyl (C=O) groups excluding carboxylic acids is 1. The molecule has 4 nitrogen and oxygen atoms in total. The van der Waals surface area contributed by atoms with E-state index in [-0.39, 0.29) is 5.91 Å². The number of para-hydroxylation sites is 1. The number of rotatable bonds is 2. The van der Waals surface area contributed by atoms with E-state index in [4.69, 9.17) is 5.73 Å². The van der Waals surface area contributed by atoms with Crippen molar-refractivity contribution in [1.29, 1.82) is 0 Å². The van der Waals surface area contributed by atoms with E-state index in [1.807, 2.05) is 18.2 Å². The van der Waals surface area contributed by atoms with E-state index in [1.165, 1.54) is 0 Å². The minimum absolute atomic E-state index is 0.349. The number of carbonyl (C=O) groups is 1. The maximum Gasteiger partial charge on any atom is 0.250 e. The summed E-state index contributed by atoms with van der Waals surface area (Å²) in [6.07, 6.45) is 1.11. The zero-order chi connectivity index (χ0) is 12.3. The molecule has 0 spiro atoms. The number of hydrogen-bond donors (Lipinski definition) is 1. The van der Waals surface area contributed by atoms with E-state index in [0.29, 0.717) is 5.56 Å². The van der Waals surface area contributed by atoms with Crippen LogP contribution in [0.25, 0.3) is 0 Å². The normalized spacial score (nSPS) is 17.8. The zero-order valence-electron chi connectivity index (χ0n) is 10.2. The highest BCUT2D eigenvalue weighted by molar-refractivity contribution is 5.98. The van der Waals surface area contributed by atoms with Gasteiger partial charge in [-0.3, -0.25) is 4.79 Å². The lowest BCUT2D eigenvalue weighted by molar-refractivity contribution is 0.100. The maximum atomic E-state index is 11.4. The number of likely N-dealkylation sites (N-methyl/N-ethyl adjacent to an activating group) is 1. The van der Waals surface area contributed by atoms with Gasteiger partial charge in [-0.15, -0.1) is 0 Å². The Morgan fingerprint density at radius 2 is 1.94 bits per heavy atom. The van der Waals surface area contributed by atoms with Crippen LogP contribution in [-0.2, 0) is 0 Å². The van der Waals surface area contributed by atoms with Gasteiger partial charge in [0, 0.05) is 25.3 Å². The standard InChI is InChI=1S/C13H19N3O/c1-15-7-4-8-16(10-9-15)12-6-3-2-5-11(12)13(14)17/h2-3,5-6H,4,7-10H2,1H3,(H2,14,17). The van der Waals surface area contributed by atoms with Crippen molar-refractivity contribution in [3.8, 4) is 0 Å². The fourth-order valence-corrected chi connectivity index (χ4v) is 2.25. The quantitative estimate of drug-likeness (QED) is 0.826. The first-order chi connectivity index (χ1) is 8.18. The second kappa shape index (κ2) is 5.19. The van der Waals surface area contributed by atoms with E-state index in [2.05, 4.69) is 16.8 Å². The van der Waals surface area contributed by atoms with Gasteiger partial charge < -0.3 is 15.5 Å². The van der Waals surface area contributed by atoms with Crippen molar-refractivity contribution in [2.75, 3.05) is 38.1 Å². The monoisotopic (exact) mass is 233 g/mol. The summed E-state index contributed by atoms with van der Waals surface area (Å²) in [5.41, 5.74) is 7.00. The molecule has 1 aliphatic rings. The second-order valence-electron chi connectivity index (χ2n) is 4.53. The Hall–Kier alpha value is -1.55. The highest BCUT2D eigenvalue weighted by atomic mass is 16.1. The van der Waals surface area contributed by atoms with Crippen molar-refractivity contribution in [3.05, 3.63) is 29.8 Å². The SMILES string of the molecule is CN1CCCN(c2ccccc2C(N)=O)CC1. The molecule has 1 aromatic carbocycles. The van der Waals surface area contributed by atoms with Crippen molar-refractivity contribution < 1.29 is 4.79 Å². The van der Waals surface area contributed by atoms with Gasteiger partial charge in [0.25, 0.3) is 5.91 Å². The van der Waals surface area contributed by atoms with Crippen LogP contribution in [0.1, 0.15) is 16.8 Å². The van der Waals surface area contributed by atoms with Gasteiger partial charge in [-0.2, -0.15) is 0 Å². The molecule has 0 bridgehead atoms. The van der Waals surface area contributed by atoms with Gasteiger partial charge >= 0.3 is 0 Å². The minimum atomic E-state index is -0.349. The van der Waals surface area contributed by atoms with E-state index in [0.717, 1.165) is 38.3 Å². The minimum Gasteiger partial charge on any atom is -0.370 e. The molecule has 0 atom stereocenters. The molecule has 1 fully saturated rings. The number of primary amides is 1. The van der Waals surface area contributed by atoms with Crippen LogP contribution in [0.2, 0.25) is 0 Å². The van der Waals surface area contributed by atoms with Crippen LogP contribution in [0.15, 0.2) is 24.3 Å². The van der Waals surface area contributed by atoms with Crippen molar-refractivity contribution in [1.82, 2.24) is 4.90 Å². The van der Waals surface area contributed by atoms with Crippen LogP contribution in [0.5, 0.6) is 0 Å². The average molecular weight is 233 g/mol. The predicted molar refractivity (Wildman–Crippen MR) is 69.3 cm³/mol. The Balaban J connectivity index is 2.24. The Bertz CT molecular complexity index is 405. The summed E-state index contributed by atoms with van der Waals surface area (Å²) >= 11 is 0. The second-order valence-corrected chi connectivity index (χ2v) is 4.53. The summed E-state index contributed by atoms with van der Waals surface area (Å²) in [5, 5.41) is 0. The lowest BCUT2D eigenvalue weighted by Gasteiger charge is -2.24. The number of nitrogens with two attached hydrogens (primary N) is 1. The Labute approximate surface area is 102 Å². The first-order valence-corrected chi connectivity index (χ1v) is 6.01. The largest absolute Gasteiger partial charge is 0.370 e. The summed E-state index contributed by atoms with van der Waals surface area (Å²) in [7, 11) is 2.13. The number of amides is 1. The highest BCUT2D eigenvalue weighted by Crippen LogP contribution is 2.21. The fourth-order valence-electron chi connectivity index (χ4n) is 2.25. The van der Waals surface area contributed by atoms with Gasteiger partial charge in [-0.1, -0.05) is 12.1 Å². The molecule has 0 radical (unpaired) electrons. The Morgan fingerprint density at radius 3 is 2.71 bits per heavy atom. The third-order valence-electron chi connectivity index (χ3n) is 3.23. The topological polar surface area (TPSA) is 49.6 Å². The number of benzene rings is 1. The lowest BCUT2D eigenvalue weighted by Crippen LogP contribution is -2.30. The molecule has 0 saturated carbocycles. The van der Waals surface area contributed by atoms with Crippen molar-refractivity contribution >= 4 is 11.6 Å². The summed E-state index contributed by atoms with van der Waals surface area (Å²) in [4.78, 5) is 16.0. The van der Waals surface area contributed by atoms with Crippen molar-refractivity contribution in [2.45, 2.75) is 6.42 Å². The summed E-state index contributed by atoms with van der Waals surface area (Å²) in [5.74, 6) is -0.349. The summed E-state index contributed by atoms with van der Waals surface area (Å²) in [6.45, 7) is 4.05. The van der Waals surface area contributed by atoms with Gasteiger partial charge in [0.05, 0.1) is 5.56 Å². The van der Waals surface area contributed by atoms with Gasteiger partial charge in [0.2, 0.25) is 0 Å². The van der Waals surface area contributed by atoms with E-state index in [9.17, 15) is 4.79 Å². The molecule has 4 heteroatoms. The molecule has 0 aromatic heterocycles. The third kappa shape index (κ3) is 2.77. The van der Waals surface area contributed by atoms with Crippen LogP contribution in [0.3, 0.4) is 0 Å². The van der Waals surface area contributed by atoms with E-state index >= 15 is 0 Å². The van der Waals surface area contributed by atoms with Crippen LogP contribution in [-0.4, -0.2) is 44.0 Å². The molecule has 0 aliphatic carbocycles. The van der Waals surface area contributed by atoms with Crippen LogP contribution in [0.4, 0.5) is 5.69 Å². The summed E-state index contributed by atoms with van der Waals surface area (Å²) in [6, 6.07) is 7.58. The van der Waals surface area contributed by atoms with Gasteiger partial charge in [0.1, 0.15) is 0 Å². The predicted octanol–water partition coefficient (Wildman–Crippen LogP) is 0.927. The first kappa shape index (κ1) is 11.9.